The predicted octanol–water partition coefficient (Wildman–Crippen LogP) is 1.81. The maximum absolute atomic E-state index is 10.7. The summed E-state index contributed by atoms with van der Waals surface area (Å²) in [6.07, 6.45) is 3.22. The van der Waals surface area contributed by atoms with Crippen LogP contribution in [-0.4, -0.2) is 14.5 Å². The molecule has 0 aromatic carbocycles. The summed E-state index contributed by atoms with van der Waals surface area (Å²) in [5.74, 6) is 0.415. The average Bonchev–Trinajstić information content (AvgIpc) is 1.96. The molecule has 0 heterocycles. The van der Waals surface area contributed by atoms with Gasteiger partial charge in [0.25, 0.3) is 0 Å². The fourth-order valence-electron chi connectivity index (χ4n) is 1.35. The highest BCUT2D eigenvalue weighted by atomic mass is 32.2. The van der Waals surface area contributed by atoms with Crippen molar-refractivity contribution in [3.8, 4) is 0 Å². The number of rotatable bonds is 7. The van der Waals surface area contributed by atoms with Crippen molar-refractivity contribution in [1.82, 2.24) is 0 Å². The van der Waals surface area contributed by atoms with E-state index in [-0.39, 0.29) is 6.10 Å². The molecule has 0 aliphatic rings. The Kier molecular flexibility index (Phi) is 6.31. The van der Waals surface area contributed by atoms with Gasteiger partial charge in [-0.25, -0.2) is 5.14 Å². The van der Waals surface area contributed by atoms with E-state index in [0.717, 1.165) is 25.7 Å². The molecule has 0 spiro atoms. The van der Waals surface area contributed by atoms with E-state index in [4.69, 9.17) is 9.32 Å². The van der Waals surface area contributed by atoms with Gasteiger partial charge in [-0.05, 0) is 18.8 Å². The standard InChI is InChI=1S/C9H21NO3S/c1-4-5-6-9(7-8(2)3)13-14(10,11)12/h8-9H,4-7H2,1-3H3,(H2,10,11,12). The van der Waals surface area contributed by atoms with Gasteiger partial charge in [-0.2, -0.15) is 8.42 Å². The Morgan fingerprint density at radius 3 is 2.29 bits per heavy atom. The van der Waals surface area contributed by atoms with Gasteiger partial charge < -0.3 is 0 Å². The second-order valence-corrected chi connectivity index (χ2v) is 5.16. The van der Waals surface area contributed by atoms with Gasteiger partial charge in [0.05, 0.1) is 6.10 Å². The van der Waals surface area contributed by atoms with Crippen molar-refractivity contribution in [2.24, 2.45) is 11.1 Å². The van der Waals surface area contributed by atoms with Crippen molar-refractivity contribution in [2.45, 2.75) is 52.6 Å². The first-order valence-electron chi connectivity index (χ1n) is 5.06. The van der Waals surface area contributed by atoms with E-state index in [1.165, 1.54) is 0 Å². The van der Waals surface area contributed by atoms with Gasteiger partial charge in [0.1, 0.15) is 0 Å². The van der Waals surface area contributed by atoms with E-state index in [0.29, 0.717) is 5.92 Å². The van der Waals surface area contributed by atoms with Gasteiger partial charge in [-0.3, -0.25) is 4.18 Å². The molecule has 0 saturated carbocycles. The number of unbranched alkanes of at least 4 members (excludes halogenated alkanes) is 1. The zero-order valence-corrected chi connectivity index (χ0v) is 10.0. The molecule has 14 heavy (non-hydrogen) atoms. The normalized spacial score (nSPS) is 14.6. The first-order chi connectivity index (χ1) is 6.35. The molecule has 0 amide bonds. The Morgan fingerprint density at radius 1 is 1.36 bits per heavy atom. The Morgan fingerprint density at radius 2 is 1.93 bits per heavy atom. The lowest BCUT2D eigenvalue weighted by atomic mass is 10.0. The van der Waals surface area contributed by atoms with Gasteiger partial charge in [0.15, 0.2) is 0 Å². The van der Waals surface area contributed by atoms with E-state index >= 15 is 0 Å². The second kappa shape index (κ2) is 6.37. The lowest BCUT2D eigenvalue weighted by Crippen LogP contribution is -2.25. The predicted molar refractivity (Wildman–Crippen MR) is 57.0 cm³/mol. The molecule has 0 saturated heterocycles. The summed E-state index contributed by atoms with van der Waals surface area (Å²) in [7, 11) is -3.80. The van der Waals surface area contributed by atoms with Gasteiger partial charge in [-0.15, -0.1) is 0 Å². The molecule has 86 valence electrons. The van der Waals surface area contributed by atoms with Gasteiger partial charge in [-0.1, -0.05) is 33.6 Å². The number of hydrogen-bond acceptors (Lipinski definition) is 3. The van der Waals surface area contributed by atoms with Crippen LogP contribution < -0.4 is 5.14 Å². The van der Waals surface area contributed by atoms with Crippen molar-refractivity contribution >= 4 is 10.3 Å². The van der Waals surface area contributed by atoms with Crippen LogP contribution >= 0.6 is 0 Å². The molecule has 0 aliphatic carbocycles. The average molecular weight is 223 g/mol. The summed E-state index contributed by atoms with van der Waals surface area (Å²) < 4.78 is 26.3. The Labute approximate surface area is 87.1 Å². The van der Waals surface area contributed by atoms with E-state index in [2.05, 4.69) is 6.92 Å². The summed E-state index contributed by atoms with van der Waals surface area (Å²) in [5.41, 5.74) is 0. The van der Waals surface area contributed by atoms with Crippen LogP contribution in [0.15, 0.2) is 0 Å². The van der Waals surface area contributed by atoms with Crippen LogP contribution in [0.3, 0.4) is 0 Å². The minimum absolute atomic E-state index is 0.259. The van der Waals surface area contributed by atoms with Crippen LogP contribution in [0.2, 0.25) is 0 Å². The van der Waals surface area contributed by atoms with E-state index in [9.17, 15) is 8.42 Å². The largest absolute Gasteiger partial charge is 0.333 e. The molecule has 5 heteroatoms. The third-order valence-corrected chi connectivity index (χ3v) is 2.42. The SMILES string of the molecule is CCCCC(CC(C)C)OS(N)(=O)=O. The highest BCUT2D eigenvalue weighted by molar-refractivity contribution is 7.84. The van der Waals surface area contributed by atoms with Gasteiger partial charge in [0, 0.05) is 0 Å². The number of hydrogen-bond donors (Lipinski definition) is 1. The monoisotopic (exact) mass is 223 g/mol. The molecule has 0 bridgehead atoms. The molecular formula is C9H21NO3S. The summed E-state index contributed by atoms with van der Waals surface area (Å²) in [6.45, 7) is 6.13. The minimum Gasteiger partial charge on any atom is -0.255 e. The Balaban J connectivity index is 4.10. The maximum atomic E-state index is 10.7. The Bertz CT molecular complexity index is 236. The molecule has 0 rings (SSSR count). The fraction of sp³-hybridized carbons (Fsp3) is 1.00. The molecular weight excluding hydrogens is 202 g/mol. The highest BCUT2D eigenvalue weighted by Crippen LogP contribution is 2.15. The molecule has 0 aromatic rings. The van der Waals surface area contributed by atoms with Crippen LogP contribution in [0, 0.1) is 5.92 Å². The summed E-state index contributed by atoms with van der Waals surface area (Å²) in [6, 6.07) is 0. The molecule has 0 radical (unpaired) electrons. The van der Waals surface area contributed by atoms with Crippen molar-refractivity contribution in [3.05, 3.63) is 0 Å². The summed E-state index contributed by atoms with van der Waals surface area (Å²) in [4.78, 5) is 0. The first-order valence-corrected chi connectivity index (χ1v) is 6.53. The molecule has 0 aromatic heterocycles. The van der Waals surface area contributed by atoms with Crippen LogP contribution in [-0.2, 0) is 14.5 Å². The third kappa shape index (κ3) is 8.47. The topological polar surface area (TPSA) is 69.4 Å². The van der Waals surface area contributed by atoms with Crippen molar-refractivity contribution in [3.63, 3.8) is 0 Å². The van der Waals surface area contributed by atoms with Crippen LogP contribution in [0.1, 0.15) is 46.5 Å². The number of nitrogens with two attached hydrogens (primary N) is 1. The van der Waals surface area contributed by atoms with Crippen LogP contribution in [0.5, 0.6) is 0 Å². The minimum atomic E-state index is -3.80. The highest BCUT2D eigenvalue weighted by Gasteiger charge is 2.16. The molecule has 0 aliphatic heterocycles. The van der Waals surface area contributed by atoms with Crippen molar-refractivity contribution < 1.29 is 12.6 Å². The maximum Gasteiger partial charge on any atom is 0.333 e. The quantitative estimate of drug-likeness (QED) is 0.715. The van der Waals surface area contributed by atoms with Crippen molar-refractivity contribution in [2.75, 3.05) is 0 Å². The molecule has 4 nitrogen and oxygen atoms in total. The first kappa shape index (κ1) is 13.9. The fourth-order valence-corrected chi connectivity index (χ4v) is 1.91. The third-order valence-electron chi connectivity index (χ3n) is 1.88. The Hall–Kier alpha value is -0.130. The second-order valence-electron chi connectivity index (χ2n) is 3.98. The summed E-state index contributed by atoms with van der Waals surface area (Å²) in [5, 5.41) is 4.83. The zero-order chi connectivity index (χ0) is 11.2. The van der Waals surface area contributed by atoms with E-state index in [1.807, 2.05) is 13.8 Å². The van der Waals surface area contributed by atoms with E-state index in [1.54, 1.807) is 0 Å². The lowest BCUT2D eigenvalue weighted by molar-refractivity contribution is 0.169. The van der Waals surface area contributed by atoms with Crippen molar-refractivity contribution in [1.29, 1.82) is 0 Å². The van der Waals surface area contributed by atoms with E-state index < -0.39 is 10.3 Å². The van der Waals surface area contributed by atoms with Gasteiger partial charge >= 0.3 is 10.3 Å². The molecule has 1 unspecified atom stereocenters. The molecule has 1 atom stereocenters. The van der Waals surface area contributed by atoms with Crippen LogP contribution in [0.25, 0.3) is 0 Å². The van der Waals surface area contributed by atoms with Gasteiger partial charge in [0.2, 0.25) is 0 Å². The zero-order valence-electron chi connectivity index (χ0n) is 9.19. The van der Waals surface area contributed by atoms with Crippen LogP contribution in [0.4, 0.5) is 0 Å². The lowest BCUT2D eigenvalue weighted by Gasteiger charge is -2.17. The molecule has 2 N–H and O–H groups in total. The smallest absolute Gasteiger partial charge is 0.255 e. The molecule has 0 fully saturated rings. The summed E-state index contributed by atoms with van der Waals surface area (Å²) >= 11 is 0.